The second-order valence-corrected chi connectivity index (χ2v) is 4.83. The fraction of sp³-hybridized carbons (Fsp3) is 0.188. The van der Waals surface area contributed by atoms with Gasteiger partial charge in [-0.1, -0.05) is 18.2 Å². The first kappa shape index (κ1) is 15.3. The monoisotopic (exact) mass is 304 g/mol. The molecule has 0 fully saturated rings. The standard InChI is InChI=1S/C16H17FN2OS/c1-3-20-15-10-5-4-8-14(15)19-16(21)18-13-9-6-7-12(17)11(13)2/h4-10H,3H2,1-2H3,(H2,18,19,21). The quantitative estimate of drug-likeness (QED) is 0.823. The van der Waals surface area contributed by atoms with Crippen molar-refractivity contribution in [3.63, 3.8) is 0 Å². The van der Waals surface area contributed by atoms with Gasteiger partial charge in [-0.15, -0.1) is 0 Å². The minimum Gasteiger partial charge on any atom is -0.492 e. The average molecular weight is 304 g/mol. The zero-order valence-electron chi connectivity index (χ0n) is 11.9. The summed E-state index contributed by atoms with van der Waals surface area (Å²) in [6.45, 7) is 4.19. The second kappa shape index (κ2) is 7.04. The van der Waals surface area contributed by atoms with Crippen molar-refractivity contribution in [2.24, 2.45) is 0 Å². The predicted molar refractivity (Wildman–Crippen MR) is 88.6 cm³/mol. The number of benzene rings is 2. The topological polar surface area (TPSA) is 33.3 Å². The lowest BCUT2D eigenvalue weighted by molar-refractivity contribution is 0.342. The van der Waals surface area contributed by atoms with E-state index in [1.165, 1.54) is 6.07 Å². The molecule has 0 aliphatic rings. The molecule has 0 saturated carbocycles. The van der Waals surface area contributed by atoms with Gasteiger partial charge >= 0.3 is 0 Å². The van der Waals surface area contributed by atoms with Crippen LogP contribution in [0.4, 0.5) is 15.8 Å². The Morgan fingerprint density at radius 1 is 1.10 bits per heavy atom. The summed E-state index contributed by atoms with van der Waals surface area (Å²) >= 11 is 5.26. The molecule has 0 aliphatic carbocycles. The summed E-state index contributed by atoms with van der Waals surface area (Å²) < 4.78 is 19.0. The summed E-state index contributed by atoms with van der Waals surface area (Å²) in [6.07, 6.45) is 0. The maximum Gasteiger partial charge on any atom is 0.175 e. The Morgan fingerprint density at radius 2 is 1.76 bits per heavy atom. The number of rotatable bonds is 4. The Kier molecular flexibility index (Phi) is 5.11. The highest BCUT2D eigenvalue weighted by molar-refractivity contribution is 7.80. The Bertz CT molecular complexity index is 646. The molecule has 0 spiro atoms. The lowest BCUT2D eigenvalue weighted by atomic mass is 10.2. The zero-order chi connectivity index (χ0) is 15.2. The van der Waals surface area contributed by atoms with Gasteiger partial charge < -0.3 is 15.4 Å². The highest BCUT2D eigenvalue weighted by Gasteiger charge is 2.07. The van der Waals surface area contributed by atoms with E-state index in [0.29, 0.717) is 23.0 Å². The third-order valence-electron chi connectivity index (χ3n) is 2.95. The highest BCUT2D eigenvalue weighted by Crippen LogP contribution is 2.24. The van der Waals surface area contributed by atoms with Crippen LogP contribution in [-0.2, 0) is 0 Å². The van der Waals surface area contributed by atoms with E-state index in [2.05, 4.69) is 10.6 Å². The SMILES string of the molecule is CCOc1ccccc1NC(=S)Nc1cccc(F)c1C. The van der Waals surface area contributed by atoms with Crippen LogP contribution in [0, 0.1) is 12.7 Å². The van der Waals surface area contributed by atoms with Crippen LogP contribution in [0.25, 0.3) is 0 Å². The zero-order valence-corrected chi connectivity index (χ0v) is 12.8. The minimum absolute atomic E-state index is 0.266. The number of nitrogens with one attached hydrogen (secondary N) is 2. The van der Waals surface area contributed by atoms with E-state index in [1.807, 2.05) is 31.2 Å². The third kappa shape index (κ3) is 3.92. The van der Waals surface area contributed by atoms with E-state index in [4.69, 9.17) is 17.0 Å². The number of hydrogen-bond donors (Lipinski definition) is 2. The average Bonchev–Trinajstić information content (AvgIpc) is 2.46. The fourth-order valence-corrected chi connectivity index (χ4v) is 2.09. The molecule has 0 aliphatic heterocycles. The van der Waals surface area contributed by atoms with Crippen molar-refractivity contribution in [1.29, 1.82) is 0 Å². The van der Waals surface area contributed by atoms with Crippen LogP contribution in [0.5, 0.6) is 5.75 Å². The lowest BCUT2D eigenvalue weighted by Crippen LogP contribution is -2.20. The van der Waals surface area contributed by atoms with Crippen molar-refractivity contribution in [2.45, 2.75) is 13.8 Å². The van der Waals surface area contributed by atoms with E-state index in [9.17, 15) is 4.39 Å². The van der Waals surface area contributed by atoms with Gasteiger partial charge in [0.05, 0.1) is 12.3 Å². The van der Waals surface area contributed by atoms with Crippen molar-refractivity contribution in [3.8, 4) is 5.75 Å². The van der Waals surface area contributed by atoms with E-state index >= 15 is 0 Å². The number of halogens is 1. The van der Waals surface area contributed by atoms with Crippen LogP contribution in [0.2, 0.25) is 0 Å². The van der Waals surface area contributed by atoms with Crippen LogP contribution in [0.3, 0.4) is 0 Å². The van der Waals surface area contributed by atoms with E-state index in [1.54, 1.807) is 19.1 Å². The van der Waals surface area contributed by atoms with E-state index < -0.39 is 0 Å². The van der Waals surface area contributed by atoms with Crippen molar-refractivity contribution in [2.75, 3.05) is 17.2 Å². The normalized spacial score (nSPS) is 10.0. The first-order valence-corrected chi connectivity index (χ1v) is 7.07. The summed E-state index contributed by atoms with van der Waals surface area (Å²) in [5.41, 5.74) is 1.94. The summed E-state index contributed by atoms with van der Waals surface area (Å²) in [4.78, 5) is 0. The van der Waals surface area contributed by atoms with Crippen molar-refractivity contribution in [1.82, 2.24) is 0 Å². The molecule has 3 nitrogen and oxygen atoms in total. The van der Waals surface area contributed by atoms with Gasteiger partial charge in [0, 0.05) is 11.3 Å². The van der Waals surface area contributed by atoms with Gasteiger partial charge in [0.15, 0.2) is 5.11 Å². The molecule has 2 aromatic carbocycles. The molecule has 0 radical (unpaired) electrons. The first-order valence-electron chi connectivity index (χ1n) is 6.66. The number of para-hydroxylation sites is 2. The molecule has 2 rings (SSSR count). The van der Waals surface area contributed by atoms with Gasteiger partial charge in [0.2, 0.25) is 0 Å². The number of hydrogen-bond acceptors (Lipinski definition) is 2. The Hall–Kier alpha value is -2.14. The largest absolute Gasteiger partial charge is 0.492 e. The molecule has 0 saturated heterocycles. The molecule has 0 aromatic heterocycles. The molecule has 2 N–H and O–H groups in total. The second-order valence-electron chi connectivity index (χ2n) is 4.42. The number of thiocarbonyl (C=S) groups is 1. The Balaban J connectivity index is 2.10. The molecule has 110 valence electrons. The molecular formula is C16H17FN2OS. The molecule has 0 atom stereocenters. The molecule has 2 aromatic rings. The van der Waals surface area contributed by atoms with Gasteiger partial charge in [-0.2, -0.15) is 0 Å². The van der Waals surface area contributed by atoms with Gasteiger partial charge in [0.25, 0.3) is 0 Å². The molecule has 0 unspecified atom stereocenters. The van der Waals surface area contributed by atoms with Crippen LogP contribution in [0.15, 0.2) is 42.5 Å². The number of ether oxygens (including phenoxy) is 1. The van der Waals surface area contributed by atoms with Crippen LogP contribution >= 0.6 is 12.2 Å². The van der Waals surface area contributed by atoms with E-state index in [-0.39, 0.29) is 5.82 Å². The van der Waals surface area contributed by atoms with Crippen LogP contribution in [0.1, 0.15) is 12.5 Å². The highest BCUT2D eigenvalue weighted by atomic mass is 32.1. The maximum atomic E-state index is 13.5. The van der Waals surface area contributed by atoms with Crippen molar-refractivity contribution < 1.29 is 9.13 Å². The molecule has 0 amide bonds. The lowest BCUT2D eigenvalue weighted by Gasteiger charge is -2.15. The number of anilines is 2. The summed E-state index contributed by atoms with van der Waals surface area (Å²) in [7, 11) is 0. The van der Waals surface area contributed by atoms with Gasteiger partial charge in [-0.3, -0.25) is 0 Å². The predicted octanol–water partition coefficient (Wildman–Crippen LogP) is 4.34. The Labute approximate surface area is 129 Å². The molecular weight excluding hydrogens is 287 g/mol. The van der Waals surface area contributed by atoms with Gasteiger partial charge in [0.1, 0.15) is 11.6 Å². The maximum absolute atomic E-state index is 13.5. The van der Waals surface area contributed by atoms with Gasteiger partial charge in [-0.25, -0.2) is 4.39 Å². The molecule has 5 heteroatoms. The summed E-state index contributed by atoms with van der Waals surface area (Å²) in [5.74, 6) is 0.456. The van der Waals surface area contributed by atoms with Gasteiger partial charge in [-0.05, 0) is 50.3 Å². The first-order chi connectivity index (χ1) is 10.1. The van der Waals surface area contributed by atoms with Crippen LogP contribution < -0.4 is 15.4 Å². The van der Waals surface area contributed by atoms with Crippen LogP contribution in [-0.4, -0.2) is 11.7 Å². The third-order valence-corrected chi connectivity index (χ3v) is 3.16. The van der Waals surface area contributed by atoms with E-state index in [0.717, 1.165) is 11.4 Å². The molecule has 0 bridgehead atoms. The molecule has 21 heavy (non-hydrogen) atoms. The van der Waals surface area contributed by atoms with Crippen molar-refractivity contribution >= 4 is 28.7 Å². The Morgan fingerprint density at radius 3 is 2.52 bits per heavy atom. The summed E-state index contributed by atoms with van der Waals surface area (Å²) in [6, 6.07) is 12.4. The van der Waals surface area contributed by atoms with Crippen molar-refractivity contribution in [3.05, 3.63) is 53.8 Å². The molecule has 0 heterocycles. The summed E-state index contributed by atoms with van der Waals surface area (Å²) in [5, 5.41) is 6.44. The smallest absolute Gasteiger partial charge is 0.175 e. The minimum atomic E-state index is -0.266. The fourth-order valence-electron chi connectivity index (χ4n) is 1.87.